The summed E-state index contributed by atoms with van der Waals surface area (Å²) in [6, 6.07) is 0.548. The SMILES string of the molecule is C[C@H]1CC[C@]2(CCCN2Cc2c(F)cc(F)cc2F)[C@H]2CN1C(=O)c1c(O)c(=O)c(C(N)=O)cn12. The number of hydrogen-bond acceptors (Lipinski definition) is 5. The Morgan fingerprint density at radius 2 is 1.89 bits per heavy atom. The van der Waals surface area contributed by atoms with Gasteiger partial charge in [0.15, 0.2) is 11.4 Å². The molecule has 3 N–H and O–H groups in total. The van der Waals surface area contributed by atoms with Crippen molar-refractivity contribution in [2.45, 2.75) is 56.8 Å². The van der Waals surface area contributed by atoms with E-state index in [1.807, 2.05) is 11.8 Å². The minimum atomic E-state index is -1.04. The lowest BCUT2D eigenvalue weighted by Crippen LogP contribution is -2.56. The molecule has 11 heteroatoms. The van der Waals surface area contributed by atoms with E-state index in [2.05, 4.69) is 0 Å². The van der Waals surface area contributed by atoms with Crippen LogP contribution in [0, 0.1) is 17.5 Å². The smallest absolute Gasteiger partial charge is 0.274 e. The van der Waals surface area contributed by atoms with Gasteiger partial charge in [0, 0.05) is 48.6 Å². The van der Waals surface area contributed by atoms with Crippen LogP contribution in [0.3, 0.4) is 0 Å². The van der Waals surface area contributed by atoms with Crippen LogP contribution in [0.25, 0.3) is 0 Å². The third kappa shape index (κ3) is 3.43. The van der Waals surface area contributed by atoms with E-state index in [1.54, 1.807) is 4.90 Å². The van der Waals surface area contributed by atoms with Gasteiger partial charge in [-0.2, -0.15) is 0 Å². The van der Waals surface area contributed by atoms with Gasteiger partial charge in [-0.3, -0.25) is 19.3 Å². The summed E-state index contributed by atoms with van der Waals surface area (Å²) in [6.07, 6.45) is 3.68. The Morgan fingerprint density at radius 1 is 1.20 bits per heavy atom. The van der Waals surface area contributed by atoms with Crippen molar-refractivity contribution in [3.63, 3.8) is 0 Å². The molecule has 1 spiro atoms. The number of primary amides is 1. The minimum Gasteiger partial charge on any atom is -0.503 e. The molecule has 0 aliphatic carbocycles. The minimum absolute atomic E-state index is 0.124. The number of pyridine rings is 1. The predicted octanol–water partition coefficient (Wildman–Crippen LogP) is 2.28. The predicted molar refractivity (Wildman–Crippen MR) is 118 cm³/mol. The van der Waals surface area contributed by atoms with Crippen molar-refractivity contribution < 1.29 is 27.9 Å². The number of aromatic hydroxyl groups is 1. The average molecular weight is 490 g/mol. The molecule has 0 saturated carbocycles. The Bertz CT molecular complexity index is 1290. The van der Waals surface area contributed by atoms with Gasteiger partial charge in [-0.05, 0) is 39.2 Å². The van der Waals surface area contributed by atoms with Gasteiger partial charge in [-0.1, -0.05) is 0 Å². The summed E-state index contributed by atoms with van der Waals surface area (Å²) >= 11 is 0. The van der Waals surface area contributed by atoms with E-state index in [1.165, 1.54) is 10.8 Å². The van der Waals surface area contributed by atoms with Crippen molar-refractivity contribution in [1.29, 1.82) is 0 Å². The standard InChI is InChI=1S/C24H25F3N4O4/c1-12-3-5-24(4-2-6-29(24)9-14-16(26)7-13(25)8-17(14)27)18-11-30(12)23(35)19-21(33)20(32)15(22(28)34)10-31(18)19/h7-8,10,12,18,33H,2-6,9,11H2,1H3,(H2,28,34)/t12-,18+,24+/m0/s1. The molecule has 35 heavy (non-hydrogen) atoms. The molecule has 2 saturated heterocycles. The van der Waals surface area contributed by atoms with Crippen molar-refractivity contribution >= 4 is 11.8 Å². The molecule has 186 valence electrons. The summed E-state index contributed by atoms with van der Waals surface area (Å²) in [7, 11) is 0. The van der Waals surface area contributed by atoms with Gasteiger partial charge in [0.05, 0.1) is 6.04 Å². The molecule has 0 unspecified atom stereocenters. The Labute approximate surface area is 198 Å². The van der Waals surface area contributed by atoms with Crippen LogP contribution >= 0.6 is 0 Å². The number of hydrogen-bond donors (Lipinski definition) is 2. The highest BCUT2D eigenvalue weighted by molar-refractivity contribution is 5.99. The van der Waals surface area contributed by atoms with E-state index in [4.69, 9.17) is 5.73 Å². The van der Waals surface area contributed by atoms with Crippen molar-refractivity contribution in [1.82, 2.24) is 14.4 Å². The first-order chi connectivity index (χ1) is 16.5. The molecule has 0 radical (unpaired) electrons. The molecule has 2 fully saturated rings. The van der Waals surface area contributed by atoms with Gasteiger partial charge in [0.25, 0.3) is 11.8 Å². The maximum atomic E-state index is 14.6. The first-order valence-electron chi connectivity index (χ1n) is 11.5. The maximum Gasteiger partial charge on any atom is 0.274 e. The van der Waals surface area contributed by atoms with Crippen LogP contribution in [0.2, 0.25) is 0 Å². The summed E-state index contributed by atoms with van der Waals surface area (Å²) in [5.74, 6) is -5.38. The number of likely N-dealkylation sites (tertiary alicyclic amines) is 1. The van der Waals surface area contributed by atoms with Gasteiger partial charge in [-0.25, -0.2) is 13.2 Å². The van der Waals surface area contributed by atoms with E-state index in [-0.39, 0.29) is 30.4 Å². The summed E-state index contributed by atoms with van der Waals surface area (Å²) in [6.45, 7) is 2.47. The van der Waals surface area contributed by atoms with Crippen LogP contribution in [0.5, 0.6) is 5.75 Å². The fourth-order valence-corrected chi connectivity index (χ4v) is 6.10. The average Bonchev–Trinajstić information content (AvgIpc) is 3.14. The maximum absolute atomic E-state index is 14.6. The number of carbonyl (C=O) groups is 2. The van der Waals surface area contributed by atoms with Crippen molar-refractivity contribution in [3.05, 3.63) is 62.8 Å². The number of aromatic nitrogens is 1. The van der Waals surface area contributed by atoms with Crippen LogP contribution in [-0.2, 0) is 6.54 Å². The molecule has 3 atom stereocenters. The lowest BCUT2D eigenvalue weighted by molar-refractivity contribution is 0.0354. The van der Waals surface area contributed by atoms with Gasteiger partial charge in [-0.15, -0.1) is 0 Å². The molecule has 8 nitrogen and oxygen atoms in total. The van der Waals surface area contributed by atoms with Crippen LogP contribution in [0.4, 0.5) is 13.2 Å². The molecule has 5 rings (SSSR count). The third-order valence-corrected chi connectivity index (χ3v) is 7.91. The first-order valence-corrected chi connectivity index (χ1v) is 11.5. The van der Waals surface area contributed by atoms with Gasteiger partial charge in [0.2, 0.25) is 5.43 Å². The Hall–Kier alpha value is -3.34. The zero-order valence-corrected chi connectivity index (χ0v) is 19.1. The second kappa shape index (κ2) is 8.11. The van der Waals surface area contributed by atoms with Crippen molar-refractivity contribution in [2.75, 3.05) is 13.1 Å². The second-order valence-electron chi connectivity index (χ2n) is 9.68. The third-order valence-electron chi connectivity index (χ3n) is 7.91. The lowest BCUT2D eigenvalue weighted by atomic mass is 9.81. The Balaban J connectivity index is 1.68. The van der Waals surface area contributed by atoms with Crippen LogP contribution in [0.15, 0.2) is 23.1 Å². The molecule has 3 aliphatic heterocycles. The lowest BCUT2D eigenvalue weighted by Gasteiger charge is -2.48. The quantitative estimate of drug-likeness (QED) is 0.686. The highest BCUT2D eigenvalue weighted by Crippen LogP contribution is 2.49. The number of rotatable bonds is 3. The summed E-state index contributed by atoms with van der Waals surface area (Å²) in [5, 5.41) is 10.7. The van der Waals surface area contributed by atoms with E-state index in [0.29, 0.717) is 44.4 Å². The Kier molecular flexibility index (Phi) is 5.42. The molecule has 2 amide bonds. The van der Waals surface area contributed by atoms with E-state index in [9.17, 15) is 32.7 Å². The van der Waals surface area contributed by atoms with Crippen LogP contribution < -0.4 is 11.2 Å². The summed E-state index contributed by atoms with van der Waals surface area (Å²) in [5.41, 5.74) is 2.72. The topological polar surface area (TPSA) is 109 Å². The second-order valence-corrected chi connectivity index (χ2v) is 9.68. The fourth-order valence-electron chi connectivity index (χ4n) is 6.10. The van der Waals surface area contributed by atoms with Crippen molar-refractivity contribution in [2.24, 2.45) is 5.73 Å². The summed E-state index contributed by atoms with van der Waals surface area (Å²) in [4.78, 5) is 41.3. The number of nitrogens with two attached hydrogens (primary N) is 1. The fraction of sp³-hybridized carbons (Fsp3) is 0.458. The molecule has 2 bridgehead atoms. The largest absolute Gasteiger partial charge is 0.503 e. The molecule has 1 aromatic carbocycles. The van der Waals surface area contributed by atoms with Crippen LogP contribution in [-0.4, -0.2) is 56.0 Å². The number of carbonyl (C=O) groups excluding carboxylic acids is 2. The number of amides is 2. The molecular formula is C24H25F3N4O4. The molecule has 4 heterocycles. The highest BCUT2D eigenvalue weighted by Gasteiger charge is 2.54. The van der Waals surface area contributed by atoms with E-state index in [0.717, 1.165) is 0 Å². The zero-order chi connectivity index (χ0) is 25.2. The summed E-state index contributed by atoms with van der Waals surface area (Å²) < 4.78 is 44.1. The molecule has 3 aliphatic rings. The number of halogens is 3. The van der Waals surface area contributed by atoms with E-state index >= 15 is 0 Å². The monoisotopic (exact) mass is 490 g/mol. The highest BCUT2D eigenvalue weighted by atomic mass is 19.1. The molecule has 2 aromatic rings. The molecule has 1 aromatic heterocycles. The van der Waals surface area contributed by atoms with Gasteiger partial charge >= 0.3 is 0 Å². The van der Waals surface area contributed by atoms with Crippen LogP contribution in [0.1, 0.15) is 65.1 Å². The number of fused-ring (bicyclic) bond motifs is 5. The van der Waals surface area contributed by atoms with Crippen molar-refractivity contribution in [3.8, 4) is 5.75 Å². The first kappa shape index (κ1) is 23.4. The number of nitrogens with zero attached hydrogens (tertiary/aromatic N) is 3. The normalized spacial score (nSPS) is 26.2. The number of benzene rings is 1. The molecular weight excluding hydrogens is 465 g/mol. The van der Waals surface area contributed by atoms with Gasteiger partial charge < -0.3 is 20.3 Å². The van der Waals surface area contributed by atoms with Gasteiger partial charge in [0.1, 0.15) is 23.0 Å². The van der Waals surface area contributed by atoms with E-state index < -0.39 is 57.6 Å². The Morgan fingerprint density at radius 3 is 2.54 bits per heavy atom. The zero-order valence-electron chi connectivity index (χ0n) is 19.1.